The van der Waals surface area contributed by atoms with Crippen LogP contribution in [-0.4, -0.2) is 38.6 Å². The lowest BCUT2D eigenvalue weighted by molar-refractivity contribution is 0.0692. The number of carboxylic acid groups (broad SMARTS) is 1. The first-order valence-corrected chi connectivity index (χ1v) is 5.34. The van der Waals surface area contributed by atoms with Gasteiger partial charge in [0.25, 0.3) is 0 Å². The SMILES string of the molecule is O=C(O)c1ccn(CC(O)CO)c1C1CC1. The van der Waals surface area contributed by atoms with E-state index in [9.17, 15) is 9.90 Å². The van der Waals surface area contributed by atoms with Gasteiger partial charge in [-0.1, -0.05) is 0 Å². The Kier molecular flexibility index (Phi) is 2.98. The normalized spacial score (nSPS) is 17.4. The minimum absolute atomic E-state index is 0.246. The Bertz CT molecular complexity index is 395. The fourth-order valence-corrected chi connectivity index (χ4v) is 1.92. The lowest BCUT2D eigenvalue weighted by atomic mass is 10.2. The maximum Gasteiger partial charge on any atom is 0.337 e. The van der Waals surface area contributed by atoms with Gasteiger partial charge < -0.3 is 19.9 Å². The minimum Gasteiger partial charge on any atom is -0.478 e. The fraction of sp³-hybridized carbons (Fsp3) is 0.545. The van der Waals surface area contributed by atoms with Gasteiger partial charge in [0.05, 0.1) is 24.8 Å². The van der Waals surface area contributed by atoms with Crippen LogP contribution >= 0.6 is 0 Å². The van der Waals surface area contributed by atoms with Crippen LogP contribution in [0, 0.1) is 0 Å². The average molecular weight is 225 g/mol. The number of aliphatic hydroxyl groups excluding tert-OH is 2. The molecule has 0 aromatic carbocycles. The first kappa shape index (κ1) is 11.2. The second-order valence-electron chi connectivity index (χ2n) is 4.18. The van der Waals surface area contributed by atoms with Gasteiger partial charge in [-0.2, -0.15) is 0 Å². The van der Waals surface area contributed by atoms with Crippen molar-refractivity contribution in [2.75, 3.05) is 6.61 Å². The van der Waals surface area contributed by atoms with E-state index in [2.05, 4.69) is 0 Å². The van der Waals surface area contributed by atoms with E-state index >= 15 is 0 Å². The van der Waals surface area contributed by atoms with Crippen LogP contribution in [-0.2, 0) is 6.54 Å². The predicted octanol–water partition coefficient (Wildman–Crippen LogP) is 0.417. The van der Waals surface area contributed by atoms with E-state index in [4.69, 9.17) is 10.2 Å². The molecule has 0 amide bonds. The molecule has 1 saturated carbocycles. The first-order valence-electron chi connectivity index (χ1n) is 5.34. The average Bonchev–Trinajstić information content (AvgIpc) is 3.00. The van der Waals surface area contributed by atoms with E-state index in [1.54, 1.807) is 16.8 Å². The van der Waals surface area contributed by atoms with Gasteiger partial charge in [0.1, 0.15) is 0 Å². The molecule has 88 valence electrons. The van der Waals surface area contributed by atoms with Gasteiger partial charge in [-0.25, -0.2) is 4.79 Å². The van der Waals surface area contributed by atoms with Crippen LogP contribution in [0.5, 0.6) is 0 Å². The highest BCUT2D eigenvalue weighted by molar-refractivity contribution is 5.89. The lowest BCUT2D eigenvalue weighted by Crippen LogP contribution is -2.21. The lowest BCUT2D eigenvalue weighted by Gasteiger charge is -2.12. The molecule has 1 aliphatic rings. The highest BCUT2D eigenvalue weighted by Crippen LogP contribution is 2.42. The van der Waals surface area contributed by atoms with E-state index in [0.29, 0.717) is 11.5 Å². The van der Waals surface area contributed by atoms with Crippen molar-refractivity contribution in [3.05, 3.63) is 23.5 Å². The molecule has 1 fully saturated rings. The highest BCUT2D eigenvalue weighted by atomic mass is 16.4. The predicted molar refractivity (Wildman–Crippen MR) is 56.5 cm³/mol. The third-order valence-electron chi connectivity index (χ3n) is 2.82. The summed E-state index contributed by atoms with van der Waals surface area (Å²) in [4.78, 5) is 11.0. The van der Waals surface area contributed by atoms with Crippen molar-refractivity contribution in [2.24, 2.45) is 0 Å². The van der Waals surface area contributed by atoms with Crippen molar-refractivity contribution in [1.29, 1.82) is 0 Å². The Morgan fingerprint density at radius 1 is 1.56 bits per heavy atom. The molecule has 0 bridgehead atoms. The van der Waals surface area contributed by atoms with Crippen LogP contribution in [0.25, 0.3) is 0 Å². The molecule has 0 saturated heterocycles. The zero-order valence-corrected chi connectivity index (χ0v) is 8.83. The van der Waals surface area contributed by atoms with Crippen LogP contribution in [0.2, 0.25) is 0 Å². The maximum atomic E-state index is 11.0. The van der Waals surface area contributed by atoms with E-state index in [0.717, 1.165) is 18.5 Å². The number of aromatic nitrogens is 1. The molecule has 3 N–H and O–H groups in total. The highest BCUT2D eigenvalue weighted by Gasteiger charge is 2.31. The Morgan fingerprint density at radius 2 is 2.25 bits per heavy atom. The number of carbonyl (C=O) groups is 1. The van der Waals surface area contributed by atoms with Gasteiger partial charge in [0.15, 0.2) is 0 Å². The van der Waals surface area contributed by atoms with Crippen LogP contribution in [0.15, 0.2) is 12.3 Å². The monoisotopic (exact) mass is 225 g/mol. The summed E-state index contributed by atoms with van der Waals surface area (Å²) in [6, 6.07) is 1.56. The van der Waals surface area contributed by atoms with Gasteiger partial charge in [0.2, 0.25) is 0 Å². The van der Waals surface area contributed by atoms with E-state index in [1.165, 1.54) is 0 Å². The summed E-state index contributed by atoms with van der Waals surface area (Å²) in [6.45, 7) is -0.0691. The number of aromatic carboxylic acids is 1. The Morgan fingerprint density at radius 3 is 2.75 bits per heavy atom. The number of nitrogens with zero attached hydrogens (tertiary/aromatic N) is 1. The van der Waals surface area contributed by atoms with E-state index in [1.807, 2.05) is 0 Å². The zero-order valence-electron chi connectivity index (χ0n) is 8.83. The molecule has 5 heteroatoms. The summed E-state index contributed by atoms with van der Waals surface area (Å²) in [7, 11) is 0. The second-order valence-corrected chi connectivity index (χ2v) is 4.18. The molecule has 5 nitrogen and oxygen atoms in total. The maximum absolute atomic E-state index is 11.0. The van der Waals surface area contributed by atoms with E-state index in [-0.39, 0.29) is 13.2 Å². The number of hydrogen-bond acceptors (Lipinski definition) is 3. The molecule has 2 rings (SSSR count). The van der Waals surface area contributed by atoms with Gasteiger partial charge in [-0.3, -0.25) is 0 Å². The molecule has 1 unspecified atom stereocenters. The number of rotatable bonds is 5. The summed E-state index contributed by atoms with van der Waals surface area (Å²) in [6.07, 6.45) is 2.82. The molecule has 1 aliphatic carbocycles. The number of carboxylic acids is 1. The summed E-state index contributed by atoms with van der Waals surface area (Å²) in [5.41, 5.74) is 1.09. The van der Waals surface area contributed by atoms with Crippen molar-refractivity contribution in [3.8, 4) is 0 Å². The standard InChI is InChI=1S/C11H15NO4/c13-6-8(14)5-12-4-3-9(11(15)16)10(12)7-1-2-7/h3-4,7-8,13-14H,1-2,5-6H2,(H,15,16). The first-order chi connectivity index (χ1) is 7.63. The van der Waals surface area contributed by atoms with Crippen molar-refractivity contribution in [1.82, 2.24) is 4.57 Å². The summed E-state index contributed by atoms with van der Waals surface area (Å²) < 4.78 is 1.74. The van der Waals surface area contributed by atoms with Crippen molar-refractivity contribution >= 4 is 5.97 Å². The van der Waals surface area contributed by atoms with Crippen molar-refractivity contribution in [2.45, 2.75) is 31.4 Å². The van der Waals surface area contributed by atoms with Gasteiger partial charge >= 0.3 is 5.97 Å². The number of aliphatic hydroxyl groups is 2. The quantitative estimate of drug-likeness (QED) is 0.678. The molecule has 1 heterocycles. The van der Waals surface area contributed by atoms with E-state index < -0.39 is 12.1 Å². The Balaban J connectivity index is 2.27. The van der Waals surface area contributed by atoms with Gasteiger partial charge in [0, 0.05) is 17.8 Å². The minimum atomic E-state index is -0.931. The third-order valence-corrected chi connectivity index (χ3v) is 2.82. The molecule has 0 spiro atoms. The van der Waals surface area contributed by atoms with Crippen molar-refractivity contribution < 1.29 is 20.1 Å². The van der Waals surface area contributed by atoms with Crippen LogP contribution < -0.4 is 0 Å². The molecular weight excluding hydrogens is 210 g/mol. The van der Waals surface area contributed by atoms with Crippen LogP contribution in [0.4, 0.5) is 0 Å². The van der Waals surface area contributed by atoms with Crippen LogP contribution in [0.3, 0.4) is 0 Å². The largest absolute Gasteiger partial charge is 0.478 e. The molecule has 0 aliphatic heterocycles. The van der Waals surface area contributed by atoms with Gasteiger partial charge in [-0.05, 0) is 18.9 Å². The Hall–Kier alpha value is -1.33. The summed E-state index contributed by atoms with van der Waals surface area (Å²) >= 11 is 0. The third kappa shape index (κ3) is 2.10. The molecule has 1 aromatic heterocycles. The smallest absolute Gasteiger partial charge is 0.337 e. The van der Waals surface area contributed by atoms with Gasteiger partial charge in [-0.15, -0.1) is 0 Å². The van der Waals surface area contributed by atoms with Crippen LogP contribution in [0.1, 0.15) is 34.8 Å². The molecular formula is C11H15NO4. The molecule has 1 atom stereocenters. The molecule has 1 aromatic rings. The topological polar surface area (TPSA) is 82.7 Å². The van der Waals surface area contributed by atoms with Crippen molar-refractivity contribution in [3.63, 3.8) is 0 Å². The molecule has 0 radical (unpaired) electrons. The fourth-order valence-electron chi connectivity index (χ4n) is 1.92. The second kappa shape index (κ2) is 4.27. The summed E-state index contributed by atoms with van der Waals surface area (Å²) in [5, 5.41) is 27.2. The zero-order chi connectivity index (χ0) is 11.7. The summed E-state index contributed by atoms with van der Waals surface area (Å²) in [5.74, 6) is -0.633. The molecule has 16 heavy (non-hydrogen) atoms. The Labute approximate surface area is 92.9 Å². The number of hydrogen-bond donors (Lipinski definition) is 3.